The Kier molecular flexibility index (Phi) is 7.19. The average molecular weight is 530 g/mol. The van der Waals surface area contributed by atoms with Crippen LogP contribution >= 0.6 is 39.3 Å². The van der Waals surface area contributed by atoms with E-state index in [1.54, 1.807) is 13.2 Å². The van der Waals surface area contributed by atoms with Crippen LogP contribution in [0.15, 0.2) is 81.1 Å². The summed E-state index contributed by atoms with van der Waals surface area (Å²) in [5.74, 6) is 1.01. The highest BCUT2D eigenvalue weighted by Crippen LogP contribution is 2.33. The number of amidine groups is 1. The van der Waals surface area contributed by atoms with E-state index in [1.165, 1.54) is 11.8 Å². The van der Waals surface area contributed by atoms with E-state index in [2.05, 4.69) is 26.2 Å². The normalized spacial score (nSPS) is 15.8. The lowest BCUT2D eigenvalue weighted by Gasteiger charge is -2.11. The summed E-state index contributed by atoms with van der Waals surface area (Å²) in [7, 11) is 1.58. The molecule has 32 heavy (non-hydrogen) atoms. The number of thioether (sulfide) groups is 1. The zero-order valence-electron chi connectivity index (χ0n) is 17.0. The Balaban J connectivity index is 1.47. The van der Waals surface area contributed by atoms with Crippen molar-refractivity contribution in [2.24, 2.45) is 4.99 Å². The van der Waals surface area contributed by atoms with E-state index in [-0.39, 0.29) is 5.91 Å². The van der Waals surface area contributed by atoms with Crippen LogP contribution in [0.2, 0.25) is 5.02 Å². The molecular weight excluding hydrogens is 512 g/mol. The van der Waals surface area contributed by atoms with E-state index in [1.807, 2.05) is 66.7 Å². The van der Waals surface area contributed by atoms with Gasteiger partial charge in [-0.3, -0.25) is 4.79 Å². The lowest BCUT2D eigenvalue weighted by Crippen LogP contribution is -2.19. The molecule has 1 N–H and O–H groups in total. The second kappa shape index (κ2) is 10.3. The second-order valence-electron chi connectivity index (χ2n) is 6.78. The molecule has 0 unspecified atom stereocenters. The number of halogens is 2. The molecule has 0 aromatic heterocycles. The van der Waals surface area contributed by atoms with Crippen LogP contribution in [0, 0.1) is 0 Å². The summed E-state index contributed by atoms with van der Waals surface area (Å²) < 4.78 is 12.4. The third kappa shape index (κ3) is 5.73. The molecule has 8 heteroatoms. The number of aliphatic imine (C=N–C) groups is 1. The maximum Gasteiger partial charge on any atom is 0.264 e. The van der Waals surface area contributed by atoms with Crippen molar-refractivity contribution in [1.29, 1.82) is 0 Å². The van der Waals surface area contributed by atoms with Crippen LogP contribution in [0.5, 0.6) is 11.5 Å². The number of methoxy groups -OCH3 is 1. The molecule has 0 saturated carbocycles. The Hall–Kier alpha value is -2.74. The lowest BCUT2D eigenvalue weighted by atomic mass is 10.2. The third-order valence-corrected chi connectivity index (χ3v) is 6.19. The van der Waals surface area contributed by atoms with Crippen LogP contribution in [-0.4, -0.2) is 18.2 Å². The molecule has 1 fully saturated rings. The number of benzene rings is 3. The smallest absolute Gasteiger partial charge is 0.264 e. The van der Waals surface area contributed by atoms with Crippen molar-refractivity contribution in [1.82, 2.24) is 5.32 Å². The van der Waals surface area contributed by atoms with Crippen molar-refractivity contribution >= 4 is 62.1 Å². The molecule has 1 saturated heterocycles. The Labute approximate surface area is 203 Å². The number of carbonyl (C=O) groups is 1. The minimum Gasteiger partial charge on any atom is -0.493 e. The number of nitrogens with one attached hydrogen (secondary N) is 1. The van der Waals surface area contributed by atoms with E-state index in [0.29, 0.717) is 33.2 Å². The molecule has 1 aliphatic heterocycles. The van der Waals surface area contributed by atoms with Gasteiger partial charge in [-0.15, -0.1) is 0 Å². The zero-order chi connectivity index (χ0) is 22.5. The third-order valence-electron chi connectivity index (χ3n) is 4.50. The van der Waals surface area contributed by atoms with Crippen molar-refractivity contribution in [3.63, 3.8) is 0 Å². The Morgan fingerprint density at radius 2 is 1.81 bits per heavy atom. The summed E-state index contributed by atoms with van der Waals surface area (Å²) in [6.07, 6.45) is 1.80. The van der Waals surface area contributed by atoms with Gasteiger partial charge < -0.3 is 14.8 Å². The monoisotopic (exact) mass is 528 g/mol. The van der Waals surface area contributed by atoms with Crippen LogP contribution in [0.1, 0.15) is 11.1 Å². The number of hydrogen-bond donors (Lipinski definition) is 1. The molecule has 162 valence electrons. The molecule has 0 bridgehead atoms. The topological polar surface area (TPSA) is 59.9 Å². The Bertz CT molecular complexity index is 1190. The molecule has 0 aliphatic carbocycles. The highest BCUT2D eigenvalue weighted by Gasteiger charge is 2.24. The summed E-state index contributed by atoms with van der Waals surface area (Å²) in [5, 5.41) is 4.02. The fraction of sp³-hybridized carbons (Fsp3) is 0.0833. The Morgan fingerprint density at radius 1 is 1.06 bits per heavy atom. The first kappa shape index (κ1) is 22.5. The number of rotatable bonds is 6. The number of ether oxygens (including phenoxy) is 2. The zero-order valence-corrected chi connectivity index (χ0v) is 20.1. The fourth-order valence-corrected chi connectivity index (χ4v) is 4.13. The van der Waals surface area contributed by atoms with Crippen LogP contribution in [0.4, 0.5) is 5.69 Å². The van der Waals surface area contributed by atoms with Crippen molar-refractivity contribution in [2.45, 2.75) is 6.61 Å². The van der Waals surface area contributed by atoms with Gasteiger partial charge in [0.1, 0.15) is 6.61 Å². The van der Waals surface area contributed by atoms with E-state index in [4.69, 9.17) is 21.1 Å². The molecular formula is C24H18BrClN2O3S. The minimum atomic E-state index is -0.187. The maximum atomic E-state index is 12.4. The first-order chi connectivity index (χ1) is 15.5. The van der Waals surface area contributed by atoms with Gasteiger partial charge in [-0.25, -0.2) is 4.99 Å². The van der Waals surface area contributed by atoms with Gasteiger partial charge in [-0.05, 0) is 77.5 Å². The standard InChI is InChI=1S/C24H18BrClN2O3S/c1-30-21-12-16(4-11-20(21)31-14-15-2-7-18(26)8-3-15)13-22-23(29)28-24(32-22)27-19-9-5-17(25)6-10-19/h2-13H,14H2,1H3,(H,27,28,29)/b22-13-. The molecule has 0 atom stereocenters. The maximum absolute atomic E-state index is 12.4. The summed E-state index contributed by atoms with van der Waals surface area (Å²) in [6.45, 7) is 0.391. The predicted molar refractivity (Wildman–Crippen MR) is 134 cm³/mol. The first-order valence-corrected chi connectivity index (χ1v) is 11.6. The molecule has 1 amide bonds. The number of amides is 1. The highest BCUT2D eigenvalue weighted by molar-refractivity contribution is 9.10. The molecule has 5 nitrogen and oxygen atoms in total. The largest absolute Gasteiger partial charge is 0.493 e. The molecule has 4 rings (SSSR count). The van der Waals surface area contributed by atoms with E-state index in [0.717, 1.165) is 21.3 Å². The molecule has 1 heterocycles. The van der Waals surface area contributed by atoms with E-state index in [9.17, 15) is 4.79 Å². The van der Waals surface area contributed by atoms with Crippen LogP contribution < -0.4 is 14.8 Å². The van der Waals surface area contributed by atoms with Crippen molar-refractivity contribution in [2.75, 3.05) is 7.11 Å². The Morgan fingerprint density at radius 3 is 2.53 bits per heavy atom. The van der Waals surface area contributed by atoms with Gasteiger partial charge in [0.05, 0.1) is 17.7 Å². The van der Waals surface area contributed by atoms with Gasteiger partial charge in [-0.1, -0.05) is 45.7 Å². The SMILES string of the molecule is COc1cc(/C=C2\SC(=Nc3ccc(Br)cc3)NC2=O)ccc1OCc1ccc(Cl)cc1. The van der Waals surface area contributed by atoms with Crippen molar-refractivity contribution in [3.8, 4) is 11.5 Å². The summed E-state index contributed by atoms with van der Waals surface area (Å²) >= 11 is 10.6. The van der Waals surface area contributed by atoms with Gasteiger partial charge in [0.15, 0.2) is 16.7 Å². The van der Waals surface area contributed by atoms with E-state index >= 15 is 0 Å². The minimum absolute atomic E-state index is 0.187. The summed E-state index contributed by atoms with van der Waals surface area (Å²) in [6, 6.07) is 20.6. The van der Waals surface area contributed by atoms with Crippen molar-refractivity contribution in [3.05, 3.63) is 92.3 Å². The van der Waals surface area contributed by atoms with Crippen LogP contribution in [0.3, 0.4) is 0 Å². The van der Waals surface area contributed by atoms with Crippen LogP contribution in [0.25, 0.3) is 6.08 Å². The fourth-order valence-electron chi connectivity index (χ4n) is 2.90. The second-order valence-corrected chi connectivity index (χ2v) is 9.17. The predicted octanol–water partition coefficient (Wildman–Crippen LogP) is 6.58. The molecule has 0 radical (unpaired) electrons. The first-order valence-electron chi connectivity index (χ1n) is 9.60. The van der Waals surface area contributed by atoms with Gasteiger partial charge in [0.2, 0.25) is 0 Å². The lowest BCUT2D eigenvalue weighted by molar-refractivity contribution is -0.115. The van der Waals surface area contributed by atoms with Gasteiger partial charge >= 0.3 is 0 Å². The number of hydrogen-bond acceptors (Lipinski definition) is 5. The van der Waals surface area contributed by atoms with E-state index < -0.39 is 0 Å². The molecule has 3 aromatic carbocycles. The molecule has 3 aromatic rings. The van der Waals surface area contributed by atoms with Gasteiger partial charge in [0, 0.05) is 9.50 Å². The number of nitrogens with zero attached hydrogens (tertiary/aromatic N) is 1. The quantitative estimate of drug-likeness (QED) is 0.366. The summed E-state index contributed by atoms with van der Waals surface area (Å²) in [5.41, 5.74) is 2.59. The number of carbonyl (C=O) groups excluding carboxylic acids is 1. The molecule has 1 aliphatic rings. The summed E-state index contributed by atoms with van der Waals surface area (Å²) in [4.78, 5) is 17.4. The van der Waals surface area contributed by atoms with Crippen LogP contribution in [-0.2, 0) is 11.4 Å². The highest BCUT2D eigenvalue weighted by atomic mass is 79.9. The molecule has 0 spiro atoms. The van der Waals surface area contributed by atoms with Gasteiger partial charge in [0.25, 0.3) is 5.91 Å². The average Bonchev–Trinajstić information content (AvgIpc) is 3.13. The van der Waals surface area contributed by atoms with Crippen molar-refractivity contribution < 1.29 is 14.3 Å². The van der Waals surface area contributed by atoms with Gasteiger partial charge in [-0.2, -0.15) is 0 Å².